The second-order valence-corrected chi connectivity index (χ2v) is 9.38. The minimum absolute atomic E-state index is 0.100. The number of carboxylic acid groups (broad SMARTS) is 1. The Morgan fingerprint density at radius 3 is 1.70 bits per heavy atom. The van der Waals surface area contributed by atoms with Crippen molar-refractivity contribution in [2.24, 2.45) is 0 Å². The lowest BCUT2D eigenvalue weighted by Gasteiger charge is -2.17. The molecule has 2 aromatic rings. The maximum absolute atomic E-state index is 11.4. The molecule has 0 aromatic heterocycles. The number of aromatic carboxylic acids is 1. The van der Waals surface area contributed by atoms with E-state index in [1.165, 1.54) is 19.2 Å². The van der Waals surface area contributed by atoms with Crippen molar-refractivity contribution in [3.63, 3.8) is 0 Å². The van der Waals surface area contributed by atoms with E-state index in [0.717, 1.165) is 0 Å². The molecule has 0 spiro atoms. The maximum Gasteiger partial charge on any atom is 0.337 e. The van der Waals surface area contributed by atoms with Crippen molar-refractivity contribution in [3.05, 3.63) is 59.7 Å². The Balaban J connectivity index is 0.000000206. The second kappa shape index (κ2) is 12.4. The Kier molecular flexibility index (Phi) is 9.50. The average molecular weight is 519 g/mol. The smallest absolute Gasteiger partial charge is 0.337 e. The molecule has 0 aliphatic carbocycles. The van der Waals surface area contributed by atoms with Gasteiger partial charge in [0.05, 0.1) is 31.5 Å². The SMILES string of the molecule is CC1(C)OC[C@@H](COc2cccc(C(=O)O)c2)O1.COC(=O)c1cccc(OC[C@@H]2COC(C)(C)O2)c1. The number of hydrogen-bond acceptors (Lipinski definition) is 9. The van der Waals surface area contributed by atoms with Crippen LogP contribution in [0.5, 0.6) is 11.5 Å². The van der Waals surface area contributed by atoms with Crippen molar-refractivity contribution in [2.45, 2.75) is 51.5 Å². The molecule has 0 bridgehead atoms. The van der Waals surface area contributed by atoms with Gasteiger partial charge in [-0.1, -0.05) is 12.1 Å². The molecule has 0 radical (unpaired) electrons. The number of carbonyl (C=O) groups excluding carboxylic acids is 1. The Morgan fingerprint density at radius 1 is 0.838 bits per heavy atom. The van der Waals surface area contributed by atoms with Crippen LogP contribution in [0.2, 0.25) is 0 Å². The summed E-state index contributed by atoms with van der Waals surface area (Å²) in [6, 6.07) is 13.2. The zero-order valence-electron chi connectivity index (χ0n) is 21.7. The van der Waals surface area contributed by atoms with Crippen molar-refractivity contribution in [1.29, 1.82) is 0 Å². The van der Waals surface area contributed by atoms with Crippen LogP contribution in [0.3, 0.4) is 0 Å². The molecule has 2 atom stereocenters. The fourth-order valence-electron chi connectivity index (χ4n) is 3.62. The molecule has 2 aliphatic rings. The molecule has 37 heavy (non-hydrogen) atoms. The molecule has 2 heterocycles. The first kappa shape index (κ1) is 28.4. The Bertz CT molecular complexity index is 1060. The molecule has 0 unspecified atom stereocenters. The van der Waals surface area contributed by atoms with Gasteiger partial charge >= 0.3 is 11.9 Å². The quantitative estimate of drug-likeness (QED) is 0.515. The van der Waals surface area contributed by atoms with Crippen LogP contribution in [0.1, 0.15) is 48.4 Å². The first-order valence-corrected chi connectivity index (χ1v) is 11.9. The molecule has 2 saturated heterocycles. The molecule has 0 saturated carbocycles. The van der Waals surface area contributed by atoms with Crippen molar-refractivity contribution >= 4 is 11.9 Å². The van der Waals surface area contributed by atoms with E-state index < -0.39 is 17.5 Å². The van der Waals surface area contributed by atoms with Gasteiger partial charge in [-0.3, -0.25) is 0 Å². The minimum Gasteiger partial charge on any atom is -0.491 e. The number of benzene rings is 2. The standard InChI is InChI=1S/C14H18O5.C13H16O5/c1-14(2)18-9-12(19-14)8-17-11-6-4-5-10(7-11)13(15)16-3;1-13(2)17-8-11(18-13)7-16-10-5-3-4-9(6-10)12(14)15/h4-7,12H,8-9H2,1-3H3;3-6,11H,7-8H2,1-2H3,(H,14,15)/t12-;11-/m11/s1. The summed E-state index contributed by atoms with van der Waals surface area (Å²) in [5.41, 5.74) is 0.667. The lowest BCUT2D eigenvalue weighted by Crippen LogP contribution is -2.25. The molecule has 4 rings (SSSR count). The third-order valence-electron chi connectivity index (χ3n) is 5.34. The van der Waals surface area contributed by atoms with Crippen molar-refractivity contribution in [3.8, 4) is 11.5 Å². The predicted molar refractivity (Wildman–Crippen MR) is 132 cm³/mol. The van der Waals surface area contributed by atoms with Crippen molar-refractivity contribution in [2.75, 3.05) is 33.5 Å². The zero-order chi connectivity index (χ0) is 27.1. The van der Waals surface area contributed by atoms with Gasteiger partial charge in [-0.15, -0.1) is 0 Å². The Labute approximate surface area is 216 Å². The summed E-state index contributed by atoms with van der Waals surface area (Å²) in [5, 5.41) is 8.86. The second-order valence-electron chi connectivity index (χ2n) is 9.38. The summed E-state index contributed by atoms with van der Waals surface area (Å²) in [7, 11) is 1.35. The highest BCUT2D eigenvalue weighted by molar-refractivity contribution is 5.89. The fourth-order valence-corrected chi connectivity index (χ4v) is 3.62. The normalized spacial score (nSPS) is 21.4. The van der Waals surface area contributed by atoms with Crippen molar-refractivity contribution < 1.29 is 47.9 Å². The van der Waals surface area contributed by atoms with Gasteiger partial charge in [0.15, 0.2) is 11.6 Å². The van der Waals surface area contributed by atoms with Crippen LogP contribution in [-0.2, 0) is 23.7 Å². The van der Waals surface area contributed by atoms with Gasteiger partial charge in [0.2, 0.25) is 0 Å². The lowest BCUT2D eigenvalue weighted by molar-refractivity contribution is -0.141. The van der Waals surface area contributed by atoms with E-state index in [9.17, 15) is 9.59 Å². The molecule has 0 amide bonds. The highest BCUT2D eigenvalue weighted by atomic mass is 16.8. The van der Waals surface area contributed by atoms with Crippen LogP contribution in [0.15, 0.2) is 48.5 Å². The number of ether oxygens (including phenoxy) is 7. The third kappa shape index (κ3) is 9.01. The summed E-state index contributed by atoms with van der Waals surface area (Å²) in [6.07, 6.45) is -0.231. The Morgan fingerprint density at radius 2 is 1.30 bits per heavy atom. The van der Waals surface area contributed by atoms with Gasteiger partial charge in [-0.05, 0) is 64.1 Å². The molecule has 2 aromatic carbocycles. The number of carbonyl (C=O) groups is 2. The predicted octanol–water partition coefficient (Wildman–Crippen LogP) is 3.92. The number of rotatable bonds is 8. The number of esters is 1. The highest BCUT2D eigenvalue weighted by Gasteiger charge is 2.33. The lowest BCUT2D eigenvalue weighted by atomic mass is 10.2. The monoisotopic (exact) mass is 518 g/mol. The molecular weight excluding hydrogens is 484 g/mol. The summed E-state index contributed by atoms with van der Waals surface area (Å²) in [6.45, 7) is 9.13. The van der Waals surface area contributed by atoms with Gasteiger partial charge in [-0.25, -0.2) is 9.59 Å². The highest BCUT2D eigenvalue weighted by Crippen LogP contribution is 2.24. The van der Waals surface area contributed by atoms with E-state index >= 15 is 0 Å². The van der Waals surface area contributed by atoms with Gasteiger partial charge in [0, 0.05) is 0 Å². The Hall–Kier alpha value is -3.18. The third-order valence-corrected chi connectivity index (χ3v) is 5.34. The zero-order valence-corrected chi connectivity index (χ0v) is 21.7. The molecule has 2 fully saturated rings. The maximum atomic E-state index is 11.4. The fraction of sp³-hybridized carbons (Fsp3) is 0.481. The van der Waals surface area contributed by atoms with E-state index in [2.05, 4.69) is 4.74 Å². The van der Waals surface area contributed by atoms with Crippen LogP contribution in [-0.4, -0.2) is 74.4 Å². The van der Waals surface area contributed by atoms with Crippen LogP contribution in [0.25, 0.3) is 0 Å². The van der Waals surface area contributed by atoms with E-state index in [-0.39, 0.29) is 23.7 Å². The summed E-state index contributed by atoms with van der Waals surface area (Å²) < 4.78 is 37.8. The van der Waals surface area contributed by atoms with Crippen LogP contribution in [0, 0.1) is 0 Å². The first-order valence-electron chi connectivity index (χ1n) is 11.9. The van der Waals surface area contributed by atoms with E-state index in [1.54, 1.807) is 36.4 Å². The minimum atomic E-state index is -0.970. The number of carboxylic acids is 1. The van der Waals surface area contributed by atoms with E-state index in [0.29, 0.717) is 43.5 Å². The topological polar surface area (TPSA) is 119 Å². The molecule has 10 nitrogen and oxygen atoms in total. The van der Waals surface area contributed by atoms with Crippen LogP contribution >= 0.6 is 0 Å². The average Bonchev–Trinajstić information content (AvgIpc) is 3.41. The summed E-state index contributed by atoms with van der Waals surface area (Å²) in [4.78, 5) is 22.2. The number of methoxy groups -OCH3 is 1. The van der Waals surface area contributed by atoms with E-state index in [4.69, 9.17) is 33.5 Å². The number of hydrogen-bond donors (Lipinski definition) is 1. The summed E-state index contributed by atoms with van der Waals surface area (Å²) in [5.74, 6) is -1.35. The molecule has 202 valence electrons. The molecule has 2 aliphatic heterocycles. The van der Waals surface area contributed by atoms with Gasteiger partial charge in [0.1, 0.15) is 36.9 Å². The van der Waals surface area contributed by atoms with Crippen LogP contribution in [0.4, 0.5) is 0 Å². The molecule has 1 N–H and O–H groups in total. The van der Waals surface area contributed by atoms with E-state index in [1.807, 2.05) is 27.7 Å². The summed E-state index contributed by atoms with van der Waals surface area (Å²) >= 11 is 0. The largest absolute Gasteiger partial charge is 0.491 e. The molecule has 10 heteroatoms. The first-order chi connectivity index (χ1) is 17.5. The van der Waals surface area contributed by atoms with Gasteiger partial charge in [-0.2, -0.15) is 0 Å². The van der Waals surface area contributed by atoms with Gasteiger partial charge < -0.3 is 38.3 Å². The van der Waals surface area contributed by atoms with Crippen LogP contribution < -0.4 is 9.47 Å². The van der Waals surface area contributed by atoms with Crippen molar-refractivity contribution in [1.82, 2.24) is 0 Å². The van der Waals surface area contributed by atoms with Gasteiger partial charge in [0.25, 0.3) is 0 Å². The molecular formula is C27H34O10.